The summed E-state index contributed by atoms with van der Waals surface area (Å²) in [6, 6.07) is 7.85. The van der Waals surface area contributed by atoms with E-state index in [4.69, 9.17) is 9.47 Å². The van der Waals surface area contributed by atoms with E-state index in [0.29, 0.717) is 31.3 Å². The first kappa shape index (κ1) is 19.5. The van der Waals surface area contributed by atoms with E-state index in [9.17, 15) is 18.0 Å². The van der Waals surface area contributed by atoms with Gasteiger partial charge in [-0.2, -0.15) is 13.2 Å². The summed E-state index contributed by atoms with van der Waals surface area (Å²) >= 11 is 0. The van der Waals surface area contributed by atoms with E-state index in [1.54, 1.807) is 0 Å². The normalized spacial score (nSPS) is 17.8. The molecule has 1 aliphatic carbocycles. The van der Waals surface area contributed by atoms with E-state index < -0.39 is 17.8 Å². The van der Waals surface area contributed by atoms with Crippen molar-refractivity contribution in [3.8, 4) is 11.5 Å². The number of fused-ring (bicyclic) bond motifs is 1. The van der Waals surface area contributed by atoms with Crippen molar-refractivity contribution >= 4 is 5.91 Å². The summed E-state index contributed by atoms with van der Waals surface area (Å²) < 4.78 is 49.2. The number of alkyl halides is 3. The molecule has 2 aliphatic rings. The van der Waals surface area contributed by atoms with Gasteiger partial charge in [0.15, 0.2) is 11.5 Å². The highest BCUT2D eigenvalue weighted by atomic mass is 19.4. The van der Waals surface area contributed by atoms with Crippen molar-refractivity contribution < 1.29 is 27.4 Å². The molecule has 4 rings (SSSR count). The lowest BCUT2D eigenvalue weighted by molar-refractivity contribution is -0.141. The molecule has 5 nitrogen and oxygen atoms in total. The molecule has 0 spiro atoms. The minimum atomic E-state index is -4.53. The van der Waals surface area contributed by atoms with Gasteiger partial charge in [-0.25, -0.2) is 0 Å². The molecule has 29 heavy (non-hydrogen) atoms. The van der Waals surface area contributed by atoms with Crippen LogP contribution in [0.5, 0.6) is 11.5 Å². The van der Waals surface area contributed by atoms with Crippen LogP contribution in [0.1, 0.15) is 47.3 Å². The van der Waals surface area contributed by atoms with Crippen LogP contribution in [0.2, 0.25) is 0 Å². The number of benzene rings is 1. The van der Waals surface area contributed by atoms with E-state index in [2.05, 4.69) is 10.3 Å². The van der Waals surface area contributed by atoms with E-state index in [1.165, 1.54) is 0 Å². The van der Waals surface area contributed by atoms with Crippen molar-refractivity contribution in [2.75, 3.05) is 19.8 Å². The predicted molar refractivity (Wildman–Crippen MR) is 99.2 cm³/mol. The zero-order valence-electron chi connectivity index (χ0n) is 15.7. The van der Waals surface area contributed by atoms with Crippen molar-refractivity contribution in [3.63, 3.8) is 0 Å². The first-order valence-electron chi connectivity index (χ1n) is 9.59. The number of ether oxygens (including phenoxy) is 2. The van der Waals surface area contributed by atoms with Crippen LogP contribution in [0.4, 0.5) is 13.2 Å². The fourth-order valence-corrected chi connectivity index (χ4v) is 4.04. The number of amides is 1. The van der Waals surface area contributed by atoms with Gasteiger partial charge in [-0.3, -0.25) is 9.78 Å². The molecule has 1 N–H and O–H groups in total. The van der Waals surface area contributed by atoms with Crippen molar-refractivity contribution in [2.45, 2.75) is 37.3 Å². The second-order valence-electron chi connectivity index (χ2n) is 7.46. The summed E-state index contributed by atoms with van der Waals surface area (Å²) in [7, 11) is 0. The average Bonchev–Trinajstić information content (AvgIpc) is 3.21. The van der Waals surface area contributed by atoms with E-state index in [-0.39, 0.29) is 11.0 Å². The summed E-state index contributed by atoms with van der Waals surface area (Å²) in [5.74, 6) is 0.987. The summed E-state index contributed by atoms with van der Waals surface area (Å²) in [5.41, 5.74) is -0.0683. The Hall–Kier alpha value is -2.77. The zero-order chi connectivity index (χ0) is 20.5. The van der Waals surface area contributed by atoms with E-state index in [0.717, 1.165) is 49.6 Å². The minimum absolute atomic E-state index is 0.105. The maximum absolute atomic E-state index is 12.6. The number of carbonyl (C=O) groups is 1. The molecule has 1 aromatic heterocycles. The molecule has 0 saturated heterocycles. The Bertz CT molecular complexity index is 891. The van der Waals surface area contributed by atoms with Crippen molar-refractivity contribution in [3.05, 3.63) is 53.3 Å². The second kappa shape index (κ2) is 7.57. The van der Waals surface area contributed by atoms with Gasteiger partial charge >= 0.3 is 6.18 Å². The molecule has 1 amide bonds. The number of nitrogens with one attached hydrogen (secondary N) is 1. The Morgan fingerprint density at radius 2 is 1.79 bits per heavy atom. The predicted octanol–water partition coefficient (Wildman–Crippen LogP) is 4.11. The third kappa shape index (κ3) is 4.02. The van der Waals surface area contributed by atoms with Gasteiger partial charge in [0.25, 0.3) is 5.91 Å². The molecule has 1 aromatic carbocycles. The van der Waals surface area contributed by atoms with Gasteiger partial charge in [0.1, 0.15) is 18.9 Å². The van der Waals surface area contributed by atoms with Crippen LogP contribution in [-0.2, 0) is 11.6 Å². The maximum Gasteiger partial charge on any atom is 0.433 e. The van der Waals surface area contributed by atoms with Gasteiger partial charge in [-0.15, -0.1) is 0 Å². The molecular weight excluding hydrogens is 385 g/mol. The lowest BCUT2D eigenvalue weighted by Gasteiger charge is -2.31. The summed E-state index contributed by atoms with van der Waals surface area (Å²) in [6.07, 6.45) is 0.360. The summed E-state index contributed by atoms with van der Waals surface area (Å²) in [4.78, 5) is 15.8. The summed E-state index contributed by atoms with van der Waals surface area (Å²) in [5, 5.41) is 2.89. The first-order chi connectivity index (χ1) is 13.9. The number of pyridine rings is 1. The van der Waals surface area contributed by atoms with Gasteiger partial charge < -0.3 is 14.8 Å². The lowest BCUT2D eigenvalue weighted by Crippen LogP contribution is -2.39. The van der Waals surface area contributed by atoms with Crippen LogP contribution in [-0.4, -0.2) is 30.6 Å². The Morgan fingerprint density at radius 3 is 2.45 bits per heavy atom. The smallest absolute Gasteiger partial charge is 0.433 e. The van der Waals surface area contributed by atoms with Gasteiger partial charge in [-0.05, 0) is 42.7 Å². The highest BCUT2D eigenvalue weighted by molar-refractivity contribution is 5.93. The van der Waals surface area contributed by atoms with Crippen molar-refractivity contribution in [1.29, 1.82) is 0 Å². The molecule has 0 unspecified atom stereocenters. The fourth-order valence-electron chi connectivity index (χ4n) is 4.04. The number of hydrogen-bond acceptors (Lipinski definition) is 4. The number of carbonyl (C=O) groups excluding carboxylic acids is 1. The molecule has 8 heteroatoms. The molecule has 0 atom stereocenters. The maximum atomic E-state index is 12.6. The number of rotatable bonds is 4. The van der Waals surface area contributed by atoms with Crippen molar-refractivity contribution in [2.24, 2.45) is 0 Å². The van der Waals surface area contributed by atoms with Crippen LogP contribution < -0.4 is 14.8 Å². The molecule has 154 valence electrons. The molecule has 1 saturated carbocycles. The van der Waals surface area contributed by atoms with Crippen LogP contribution in [0.15, 0.2) is 36.5 Å². The Labute approximate surface area is 166 Å². The highest BCUT2D eigenvalue weighted by Gasteiger charge is 2.37. The van der Waals surface area contributed by atoms with E-state index >= 15 is 0 Å². The average molecular weight is 406 g/mol. The molecule has 0 radical (unpaired) electrons. The Morgan fingerprint density at radius 1 is 1.07 bits per heavy atom. The molecule has 0 bridgehead atoms. The van der Waals surface area contributed by atoms with E-state index in [1.807, 2.05) is 18.2 Å². The van der Waals surface area contributed by atoms with Gasteiger partial charge in [0.2, 0.25) is 0 Å². The zero-order valence-corrected chi connectivity index (χ0v) is 15.7. The number of aromatic nitrogens is 1. The van der Waals surface area contributed by atoms with Gasteiger partial charge in [-0.1, -0.05) is 18.9 Å². The monoisotopic (exact) mass is 406 g/mol. The lowest BCUT2D eigenvalue weighted by atomic mass is 9.78. The first-order valence-corrected chi connectivity index (χ1v) is 9.59. The molecular formula is C21H21F3N2O3. The third-order valence-corrected chi connectivity index (χ3v) is 5.62. The third-order valence-electron chi connectivity index (χ3n) is 5.62. The quantitative estimate of drug-likeness (QED) is 0.830. The van der Waals surface area contributed by atoms with Crippen LogP contribution in [0.25, 0.3) is 0 Å². The topological polar surface area (TPSA) is 60.5 Å². The number of nitrogens with zero attached hydrogens (tertiary/aromatic N) is 1. The molecule has 1 aliphatic heterocycles. The van der Waals surface area contributed by atoms with Gasteiger partial charge in [0, 0.05) is 18.2 Å². The number of halogens is 3. The number of hydrogen-bond donors (Lipinski definition) is 1. The summed E-state index contributed by atoms with van der Waals surface area (Å²) in [6.45, 7) is 1.42. The Balaban J connectivity index is 1.49. The fraction of sp³-hybridized carbons (Fsp3) is 0.429. The SMILES string of the molecule is O=C(NCC1(c2ccc3c(c2)OCCO3)CCCC1)c1ccc(C(F)(F)F)nc1. The standard InChI is InChI=1S/C21H21F3N2O3/c22-21(23,24)18-6-3-14(12-25-18)19(27)26-13-20(7-1-2-8-20)15-4-5-16-17(11-15)29-10-9-28-16/h3-6,11-12H,1-2,7-10,13H2,(H,26,27). The van der Waals surface area contributed by atoms with Crippen LogP contribution in [0, 0.1) is 0 Å². The Kier molecular flexibility index (Phi) is 5.10. The van der Waals surface area contributed by atoms with Gasteiger partial charge in [0.05, 0.1) is 5.56 Å². The van der Waals surface area contributed by atoms with Crippen molar-refractivity contribution in [1.82, 2.24) is 10.3 Å². The van der Waals surface area contributed by atoms with Crippen LogP contribution >= 0.6 is 0 Å². The largest absolute Gasteiger partial charge is 0.486 e. The van der Waals surface area contributed by atoms with Crippen LogP contribution in [0.3, 0.4) is 0 Å². The molecule has 2 aromatic rings. The molecule has 1 fully saturated rings. The molecule has 2 heterocycles. The highest BCUT2D eigenvalue weighted by Crippen LogP contribution is 2.43. The minimum Gasteiger partial charge on any atom is -0.486 e. The second-order valence-corrected chi connectivity index (χ2v) is 7.46.